The number of carbonyl (C=O) groups excluding carboxylic acids is 1. The fraction of sp³-hybridized carbons (Fsp3) is 0.444. The van der Waals surface area contributed by atoms with Crippen molar-refractivity contribution in [2.24, 2.45) is 0 Å². The molecule has 0 aromatic heterocycles. The first-order valence-electron chi connectivity index (χ1n) is 11.1. The van der Waals surface area contributed by atoms with E-state index in [0.29, 0.717) is 6.04 Å². The Balaban J connectivity index is 0.000000923. The van der Waals surface area contributed by atoms with Crippen LogP contribution >= 0.6 is 15.9 Å². The van der Waals surface area contributed by atoms with Gasteiger partial charge in [0.05, 0.1) is 0 Å². The Morgan fingerprint density at radius 3 is 2.03 bits per heavy atom. The number of anilines is 1. The fourth-order valence-electron chi connectivity index (χ4n) is 2.89. The highest BCUT2D eigenvalue weighted by Crippen LogP contribution is 2.39. The van der Waals surface area contributed by atoms with Crippen molar-refractivity contribution in [1.82, 2.24) is 0 Å². The Morgan fingerprint density at radius 1 is 1.07 bits per heavy atom. The van der Waals surface area contributed by atoms with Crippen molar-refractivity contribution in [2.45, 2.75) is 78.7 Å². The number of hydrogen-bond donors (Lipinski definition) is 1. The van der Waals surface area contributed by atoms with Crippen LogP contribution in [-0.4, -0.2) is 12.3 Å². The first kappa shape index (κ1) is 28.1. The molecule has 1 aliphatic rings. The summed E-state index contributed by atoms with van der Waals surface area (Å²) in [6, 6.07) is 18.2. The van der Waals surface area contributed by atoms with Crippen LogP contribution in [0.4, 0.5) is 5.69 Å². The largest absolute Gasteiger partial charge is 0.383 e. The first-order chi connectivity index (χ1) is 14.5. The van der Waals surface area contributed by atoms with E-state index in [1.807, 2.05) is 20.8 Å². The van der Waals surface area contributed by atoms with Gasteiger partial charge in [0.1, 0.15) is 6.29 Å². The molecule has 1 saturated carbocycles. The lowest BCUT2D eigenvalue weighted by molar-refractivity contribution is -0.106. The highest BCUT2D eigenvalue weighted by atomic mass is 79.9. The lowest BCUT2D eigenvalue weighted by Gasteiger charge is -2.15. The van der Waals surface area contributed by atoms with Crippen LogP contribution in [0.1, 0.15) is 77.3 Å². The summed E-state index contributed by atoms with van der Waals surface area (Å²) in [6.45, 7) is 13.0. The Labute approximate surface area is 193 Å². The molecule has 0 aliphatic heterocycles. The molecular weight excluding hydrogens is 434 g/mol. The predicted octanol–water partition coefficient (Wildman–Crippen LogP) is 8.57. The summed E-state index contributed by atoms with van der Waals surface area (Å²) < 4.78 is 1.13. The van der Waals surface area contributed by atoms with Gasteiger partial charge >= 0.3 is 0 Å². The van der Waals surface area contributed by atoms with Gasteiger partial charge in [-0.15, -0.1) is 6.58 Å². The molecule has 1 atom stereocenters. The summed E-state index contributed by atoms with van der Waals surface area (Å²) in [5, 5.41) is 3.57. The van der Waals surface area contributed by atoms with Gasteiger partial charge in [0, 0.05) is 16.2 Å². The third kappa shape index (κ3) is 13.4. The maximum atomic E-state index is 8.81. The molecule has 1 fully saturated rings. The normalized spacial score (nSPS) is 12.5. The van der Waals surface area contributed by atoms with E-state index < -0.39 is 0 Å². The third-order valence-corrected chi connectivity index (χ3v) is 4.92. The van der Waals surface area contributed by atoms with Crippen molar-refractivity contribution in [3.05, 3.63) is 76.8 Å². The second kappa shape index (κ2) is 17.9. The van der Waals surface area contributed by atoms with Gasteiger partial charge in [0.25, 0.3) is 0 Å². The third-order valence-electron chi connectivity index (χ3n) is 4.39. The molecule has 0 spiro atoms. The monoisotopic (exact) mass is 473 g/mol. The number of aldehydes is 1. The quantitative estimate of drug-likeness (QED) is 0.322. The summed E-state index contributed by atoms with van der Waals surface area (Å²) in [4.78, 5) is 8.81. The van der Waals surface area contributed by atoms with Gasteiger partial charge in [-0.05, 0) is 94.2 Å². The minimum atomic E-state index is 0.506. The summed E-state index contributed by atoms with van der Waals surface area (Å²) in [6.07, 6.45) is 8.88. The topological polar surface area (TPSA) is 29.1 Å². The van der Waals surface area contributed by atoms with Crippen molar-refractivity contribution < 1.29 is 4.79 Å². The van der Waals surface area contributed by atoms with Crippen molar-refractivity contribution in [3.63, 3.8) is 0 Å². The number of rotatable bonds is 7. The molecule has 0 heterocycles. The molecule has 3 rings (SSSR count). The molecule has 1 unspecified atom stereocenters. The molecule has 0 bridgehead atoms. The maximum absolute atomic E-state index is 8.81. The summed E-state index contributed by atoms with van der Waals surface area (Å²) in [5.41, 5.74) is 4.21. The summed E-state index contributed by atoms with van der Waals surface area (Å²) in [7, 11) is 0. The van der Waals surface area contributed by atoms with Crippen LogP contribution in [-0.2, 0) is 11.2 Å². The van der Waals surface area contributed by atoms with Gasteiger partial charge in [0.2, 0.25) is 0 Å². The van der Waals surface area contributed by atoms with Gasteiger partial charge in [-0.1, -0.05) is 60.1 Å². The van der Waals surface area contributed by atoms with Crippen LogP contribution in [0.3, 0.4) is 0 Å². The van der Waals surface area contributed by atoms with E-state index in [0.717, 1.165) is 16.7 Å². The Hall–Kier alpha value is -1.87. The minimum Gasteiger partial charge on any atom is -0.383 e. The lowest BCUT2D eigenvalue weighted by Crippen LogP contribution is -2.15. The minimum absolute atomic E-state index is 0.506. The maximum Gasteiger partial charge on any atom is 0.116 e. The van der Waals surface area contributed by atoms with Crippen molar-refractivity contribution in [1.29, 1.82) is 0 Å². The zero-order chi connectivity index (χ0) is 22.8. The molecule has 0 saturated heterocycles. The van der Waals surface area contributed by atoms with Gasteiger partial charge in [-0.25, -0.2) is 0 Å². The predicted molar refractivity (Wildman–Crippen MR) is 138 cm³/mol. The number of allylic oxidation sites excluding steroid dienone is 1. The standard InChI is InChI=1S/C20H24BrN.C3H6.C2H4O.C2H6/c1-15(22-20-13-11-19(21)12-14-20)3-2-4-16-5-7-17(8-6-16)18-9-10-18;1-3-2;1-2-3;1-2/h5-8,11-15,18,22H,2-4,9-10H2,1H3;3H,1H2,2H3;2H,1H3;1-2H3. The number of benzene rings is 2. The number of carbonyl (C=O) groups is 1. The van der Waals surface area contributed by atoms with E-state index in [4.69, 9.17) is 4.79 Å². The van der Waals surface area contributed by atoms with E-state index in [2.05, 4.69) is 83.3 Å². The second-order valence-corrected chi connectivity index (χ2v) is 8.02. The molecule has 2 aromatic carbocycles. The van der Waals surface area contributed by atoms with Gasteiger partial charge in [0.15, 0.2) is 0 Å². The van der Waals surface area contributed by atoms with E-state index in [-0.39, 0.29) is 0 Å². The molecule has 0 radical (unpaired) electrons. The molecule has 1 aliphatic carbocycles. The molecular formula is C27H40BrNO. The second-order valence-electron chi connectivity index (χ2n) is 7.10. The van der Waals surface area contributed by atoms with Crippen LogP contribution in [0.2, 0.25) is 0 Å². The molecule has 2 nitrogen and oxygen atoms in total. The Morgan fingerprint density at radius 2 is 1.57 bits per heavy atom. The molecule has 3 heteroatoms. The van der Waals surface area contributed by atoms with Crippen molar-refractivity contribution >= 4 is 27.9 Å². The number of nitrogens with one attached hydrogen (secondary N) is 1. The average molecular weight is 475 g/mol. The number of aryl methyl sites for hydroxylation is 1. The Kier molecular flexibility index (Phi) is 16.8. The summed E-state index contributed by atoms with van der Waals surface area (Å²) >= 11 is 3.47. The molecule has 166 valence electrons. The average Bonchev–Trinajstić information content (AvgIpc) is 3.58. The van der Waals surface area contributed by atoms with E-state index in [1.54, 1.807) is 6.08 Å². The highest BCUT2D eigenvalue weighted by Gasteiger charge is 2.22. The zero-order valence-corrected chi connectivity index (χ0v) is 21.0. The van der Waals surface area contributed by atoms with Crippen LogP contribution < -0.4 is 5.32 Å². The van der Waals surface area contributed by atoms with Crippen molar-refractivity contribution in [3.8, 4) is 0 Å². The molecule has 0 amide bonds. The van der Waals surface area contributed by atoms with E-state index >= 15 is 0 Å². The SMILES string of the molecule is C=CC.CC.CC(CCCc1ccc(C2CC2)cc1)Nc1ccc(Br)cc1.CC=O. The molecule has 1 N–H and O–H groups in total. The fourth-order valence-corrected chi connectivity index (χ4v) is 3.15. The van der Waals surface area contributed by atoms with Crippen LogP contribution in [0.5, 0.6) is 0 Å². The van der Waals surface area contributed by atoms with Gasteiger partial charge in [-0.3, -0.25) is 0 Å². The Bertz CT molecular complexity index is 669. The van der Waals surface area contributed by atoms with Crippen molar-refractivity contribution in [2.75, 3.05) is 5.32 Å². The number of halogens is 1. The van der Waals surface area contributed by atoms with Crippen LogP contribution in [0.25, 0.3) is 0 Å². The smallest absolute Gasteiger partial charge is 0.116 e. The number of hydrogen-bond acceptors (Lipinski definition) is 2. The zero-order valence-electron chi connectivity index (χ0n) is 19.5. The van der Waals surface area contributed by atoms with E-state index in [1.165, 1.54) is 55.8 Å². The molecule has 2 aromatic rings. The molecule has 30 heavy (non-hydrogen) atoms. The first-order valence-corrected chi connectivity index (χ1v) is 11.9. The lowest BCUT2D eigenvalue weighted by atomic mass is 10.0. The highest BCUT2D eigenvalue weighted by molar-refractivity contribution is 9.10. The van der Waals surface area contributed by atoms with Gasteiger partial charge < -0.3 is 10.1 Å². The van der Waals surface area contributed by atoms with Crippen LogP contribution in [0, 0.1) is 0 Å². The summed E-state index contributed by atoms with van der Waals surface area (Å²) in [5.74, 6) is 0.865. The van der Waals surface area contributed by atoms with E-state index in [9.17, 15) is 0 Å². The van der Waals surface area contributed by atoms with Crippen LogP contribution in [0.15, 0.2) is 65.7 Å². The van der Waals surface area contributed by atoms with Gasteiger partial charge in [-0.2, -0.15) is 0 Å².